The van der Waals surface area contributed by atoms with E-state index in [0.29, 0.717) is 6.54 Å². The van der Waals surface area contributed by atoms with Crippen LogP contribution < -0.4 is 15.2 Å². The monoisotopic (exact) mass is 357 g/mol. The van der Waals surface area contributed by atoms with E-state index < -0.39 is 0 Å². The molecule has 0 saturated heterocycles. The molecule has 4 rings (SSSR count). The molecule has 25 heavy (non-hydrogen) atoms. The van der Waals surface area contributed by atoms with Crippen LogP contribution in [0.1, 0.15) is 29.6 Å². The Labute approximate surface area is 151 Å². The zero-order chi connectivity index (χ0) is 17.6. The molecule has 0 fully saturated rings. The van der Waals surface area contributed by atoms with Gasteiger partial charge in [0, 0.05) is 22.7 Å². The first-order chi connectivity index (χ1) is 12.2. The van der Waals surface area contributed by atoms with Gasteiger partial charge in [-0.1, -0.05) is 6.92 Å². The molecule has 6 heteroatoms. The van der Waals surface area contributed by atoms with Crippen molar-refractivity contribution in [2.75, 3.05) is 14.2 Å². The van der Waals surface area contributed by atoms with Crippen LogP contribution in [-0.4, -0.2) is 23.6 Å². The summed E-state index contributed by atoms with van der Waals surface area (Å²) in [5.41, 5.74) is 10.4. The molecule has 5 nitrogen and oxygen atoms in total. The number of benzene rings is 1. The topological polar surface area (TPSA) is 61.8 Å². The molecule has 2 heterocycles. The van der Waals surface area contributed by atoms with Crippen molar-refractivity contribution in [1.82, 2.24) is 9.38 Å². The number of rotatable bonds is 4. The van der Waals surface area contributed by atoms with Crippen LogP contribution in [0.4, 0.5) is 0 Å². The molecule has 3 aromatic rings. The van der Waals surface area contributed by atoms with Gasteiger partial charge in [0.05, 0.1) is 25.6 Å². The van der Waals surface area contributed by atoms with Crippen molar-refractivity contribution in [3.63, 3.8) is 0 Å². The highest BCUT2D eigenvalue weighted by molar-refractivity contribution is 7.17. The smallest absolute Gasteiger partial charge is 0.194 e. The summed E-state index contributed by atoms with van der Waals surface area (Å²) in [7, 11) is 3.34. The third-order valence-corrected chi connectivity index (χ3v) is 6.12. The molecule has 0 saturated carbocycles. The molecule has 1 aliphatic carbocycles. The van der Waals surface area contributed by atoms with E-state index in [1.54, 1.807) is 25.6 Å². The SMILES string of the molecule is COc1ccc(OC)c(-c2nc3sc4c(n3c2CN)CCC(C)C4)c1. The highest BCUT2D eigenvalue weighted by Crippen LogP contribution is 2.39. The van der Waals surface area contributed by atoms with Crippen molar-refractivity contribution < 1.29 is 9.47 Å². The van der Waals surface area contributed by atoms with Crippen molar-refractivity contribution in [3.05, 3.63) is 34.5 Å². The first-order valence-corrected chi connectivity index (χ1v) is 9.42. The van der Waals surface area contributed by atoms with Crippen LogP contribution in [0, 0.1) is 5.92 Å². The maximum Gasteiger partial charge on any atom is 0.194 e. The Morgan fingerprint density at radius 2 is 2.16 bits per heavy atom. The zero-order valence-electron chi connectivity index (χ0n) is 14.8. The van der Waals surface area contributed by atoms with Crippen molar-refractivity contribution in [2.24, 2.45) is 11.7 Å². The number of imidazole rings is 1. The van der Waals surface area contributed by atoms with Gasteiger partial charge < -0.3 is 15.2 Å². The number of hydrogen-bond acceptors (Lipinski definition) is 5. The third-order valence-electron chi connectivity index (χ3n) is 5.01. The van der Waals surface area contributed by atoms with E-state index >= 15 is 0 Å². The fourth-order valence-electron chi connectivity index (χ4n) is 3.69. The standard InChI is InChI=1S/C19H23N3O2S/c1-11-4-6-14-17(8-11)25-19-21-18(15(10-20)22(14)19)13-9-12(23-2)5-7-16(13)24-3/h5,7,9,11H,4,6,8,10,20H2,1-3H3. The van der Waals surface area contributed by atoms with Crippen LogP contribution >= 0.6 is 11.3 Å². The summed E-state index contributed by atoms with van der Waals surface area (Å²) in [6, 6.07) is 5.78. The number of nitrogens with zero attached hydrogens (tertiary/aromatic N) is 2. The van der Waals surface area contributed by atoms with E-state index in [-0.39, 0.29) is 0 Å². The van der Waals surface area contributed by atoms with E-state index in [1.807, 2.05) is 18.2 Å². The van der Waals surface area contributed by atoms with Crippen LogP contribution in [0.15, 0.2) is 18.2 Å². The largest absolute Gasteiger partial charge is 0.497 e. The molecule has 0 bridgehead atoms. The minimum atomic E-state index is 0.440. The number of aromatic nitrogens is 2. The lowest BCUT2D eigenvalue weighted by atomic mass is 9.93. The van der Waals surface area contributed by atoms with E-state index in [1.165, 1.54) is 17.0 Å². The van der Waals surface area contributed by atoms with E-state index in [4.69, 9.17) is 20.2 Å². The van der Waals surface area contributed by atoms with Gasteiger partial charge in [-0.15, -0.1) is 11.3 Å². The third kappa shape index (κ3) is 2.60. The fourth-order valence-corrected chi connectivity index (χ4v) is 5.04. The minimum absolute atomic E-state index is 0.440. The number of hydrogen-bond donors (Lipinski definition) is 1. The van der Waals surface area contributed by atoms with Crippen LogP contribution in [0.2, 0.25) is 0 Å². The second-order valence-corrected chi connectivity index (χ2v) is 7.68. The second kappa shape index (κ2) is 6.35. The Hall–Kier alpha value is -2.05. The molecular formula is C19H23N3O2S. The van der Waals surface area contributed by atoms with Crippen molar-refractivity contribution in [1.29, 1.82) is 0 Å². The van der Waals surface area contributed by atoms with Crippen molar-refractivity contribution in [3.8, 4) is 22.8 Å². The van der Waals surface area contributed by atoms with Gasteiger partial charge in [0.1, 0.15) is 11.5 Å². The molecule has 0 spiro atoms. The molecule has 1 atom stereocenters. The van der Waals surface area contributed by atoms with Crippen LogP contribution in [0.25, 0.3) is 16.2 Å². The molecule has 1 unspecified atom stereocenters. The summed E-state index contributed by atoms with van der Waals surface area (Å²) < 4.78 is 13.2. The summed E-state index contributed by atoms with van der Waals surface area (Å²) >= 11 is 1.80. The Balaban J connectivity index is 1.93. The maximum absolute atomic E-state index is 6.15. The Morgan fingerprint density at radius 1 is 1.32 bits per heavy atom. The van der Waals surface area contributed by atoms with Gasteiger partial charge in [0.2, 0.25) is 0 Å². The predicted molar refractivity (Wildman–Crippen MR) is 101 cm³/mol. The van der Waals surface area contributed by atoms with Gasteiger partial charge in [-0.05, 0) is 43.4 Å². The summed E-state index contributed by atoms with van der Waals surface area (Å²) in [4.78, 5) is 7.42. The maximum atomic E-state index is 6.15. The minimum Gasteiger partial charge on any atom is -0.497 e. The zero-order valence-corrected chi connectivity index (χ0v) is 15.7. The summed E-state index contributed by atoms with van der Waals surface area (Å²) in [6.45, 7) is 2.76. The molecule has 2 aromatic heterocycles. The Morgan fingerprint density at radius 3 is 2.88 bits per heavy atom. The van der Waals surface area contributed by atoms with E-state index in [9.17, 15) is 0 Å². The Bertz CT molecular complexity index is 929. The molecule has 1 aliphatic rings. The highest BCUT2D eigenvalue weighted by Gasteiger charge is 2.26. The number of nitrogens with two attached hydrogens (primary N) is 1. The normalized spacial score (nSPS) is 16.9. The molecule has 2 N–H and O–H groups in total. The lowest BCUT2D eigenvalue weighted by molar-refractivity contribution is 0.404. The fraction of sp³-hybridized carbons (Fsp3) is 0.421. The number of fused-ring (bicyclic) bond motifs is 3. The number of ether oxygens (including phenoxy) is 2. The molecular weight excluding hydrogens is 334 g/mol. The van der Waals surface area contributed by atoms with Crippen molar-refractivity contribution in [2.45, 2.75) is 32.7 Å². The van der Waals surface area contributed by atoms with E-state index in [2.05, 4.69) is 11.3 Å². The molecule has 132 valence electrons. The first-order valence-electron chi connectivity index (χ1n) is 8.60. The average Bonchev–Trinajstić information content (AvgIpc) is 3.15. The first kappa shape index (κ1) is 16.4. The lowest BCUT2D eigenvalue weighted by Crippen LogP contribution is -2.13. The van der Waals surface area contributed by atoms with Gasteiger partial charge in [-0.25, -0.2) is 4.98 Å². The van der Waals surface area contributed by atoms with Crippen LogP contribution in [-0.2, 0) is 19.4 Å². The van der Waals surface area contributed by atoms with Crippen LogP contribution in [0.3, 0.4) is 0 Å². The molecule has 0 radical (unpaired) electrons. The summed E-state index contributed by atoms with van der Waals surface area (Å²) in [5, 5.41) is 0. The predicted octanol–water partition coefficient (Wildman–Crippen LogP) is 3.66. The van der Waals surface area contributed by atoms with Gasteiger partial charge in [0.15, 0.2) is 4.96 Å². The highest BCUT2D eigenvalue weighted by atomic mass is 32.1. The molecule has 0 amide bonds. The number of aryl methyl sites for hydroxylation is 1. The second-order valence-electron chi connectivity index (χ2n) is 6.62. The Kier molecular flexibility index (Phi) is 4.17. The summed E-state index contributed by atoms with van der Waals surface area (Å²) in [5.74, 6) is 2.31. The lowest BCUT2D eigenvalue weighted by Gasteiger charge is -2.18. The van der Waals surface area contributed by atoms with Crippen LogP contribution in [0.5, 0.6) is 11.5 Å². The number of thiazole rings is 1. The average molecular weight is 357 g/mol. The van der Waals surface area contributed by atoms with Gasteiger partial charge in [0.25, 0.3) is 0 Å². The van der Waals surface area contributed by atoms with E-state index in [0.717, 1.165) is 52.2 Å². The van der Waals surface area contributed by atoms with Gasteiger partial charge in [-0.3, -0.25) is 4.40 Å². The van der Waals surface area contributed by atoms with Crippen molar-refractivity contribution >= 4 is 16.3 Å². The number of methoxy groups -OCH3 is 2. The molecule has 1 aromatic carbocycles. The molecule has 0 aliphatic heterocycles. The quantitative estimate of drug-likeness (QED) is 0.774. The van der Waals surface area contributed by atoms with Gasteiger partial charge in [-0.2, -0.15) is 0 Å². The van der Waals surface area contributed by atoms with Gasteiger partial charge >= 0.3 is 0 Å². The summed E-state index contributed by atoms with van der Waals surface area (Å²) in [6.07, 6.45) is 3.46.